The van der Waals surface area contributed by atoms with Crippen LogP contribution >= 0.6 is 23.2 Å². The monoisotopic (exact) mass is 351 g/mol. The molecule has 3 unspecified atom stereocenters. The van der Waals surface area contributed by atoms with Gasteiger partial charge in [-0.1, -0.05) is 29.8 Å². The van der Waals surface area contributed by atoms with Crippen molar-refractivity contribution in [1.29, 1.82) is 0 Å². The zero-order valence-electron chi connectivity index (χ0n) is 12.2. The third kappa shape index (κ3) is 3.66. The number of hydrogen-bond donors (Lipinski definition) is 0. The molecule has 2 aromatic carbocycles. The SMILES string of the molecule is O=[N+]([O-])c1ccc(C2CC(Cl)CC(c3ccccc3Cl)O2)cc1. The van der Waals surface area contributed by atoms with Crippen molar-refractivity contribution in [2.45, 2.75) is 30.4 Å². The van der Waals surface area contributed by atoms with E-state index in [1.165, 1.54) is 12.1 Å². The molecular formula is C17H15Cl2NO3. The summed E-state index contributed by atoms with van der Waals surface area (Å²) in [4.78, 5) is 10.3. The molecule has 0 N–H and O–H groups in total. The van der Waals surface area contributed by atoms with Crippen molar-refractivity contribution < 1.29 is 9.66 Å². The number of nitro benzene ring substituents is 1. The summed E-state index contributed by atoms with van der Waals surface area (Å²) in [5.74, 6) is 0. The van der Waals surface area contributed by atoms with E-state index in [0.29, 0.717) is 17.9 Å². The number of hydrogen-bond acceptors (Lipinski definition) is 3. The first kappa shape index (κ1) is 16.2. The molecule has 0 radical (unpaired) electrons. The number of halogens is 2. The number of nitrogens with zero attached hydrogens (tertiary/aromatic N) is 1. The summed E-state index contributed by atoms with van der Waals surface area (Å²) in [5, 5.41) is 11.4. The average Bonchev–Trinajstić information content (AvgIpc) is 2.55. The smallest absolute Gasteiger partial charge is 0.269 e. The minimum Gasteiger partial charge on any atom is -0.365 e. The van der Waals surface area contributed by atoms with Crippen LogP contribution in [-0.4, -0.2) is 10.3 Å². The quantitative estimate of drug-likeness (QED) is 0.419. The lowest BCUT2D eigenvalue weighted by Gasteiger charge is -2.33. The van der Waals surface area contributed by atoms with Gasteiger partial charge in [-0.2, -0.15) is 0 Å². The summed E-state index contributed by atoms with van der Waals surface area (Å²) >= 11 is 12.7. The third-order valence-corrected chi connectivity index (χ3v) is 4.70. The van der Waals surface area contributed by atoms with Crippen molar-refractivity contribution in [2.24, 2.45) is 0 Å². The minimum atomic E-state index is -0.414. The van der Waals surface area contributed by atoms with E-state index in [2.05, 4.69) is 0 Å². The number of alkyl halides is 1. The Labute approximate surface area is 144 Å². The van der Waals surface area contributed by atoms with Crippen LogP contribution in [0.3, 0.4) is 0 Å². The van der Waals surface area contributed by atoms with Gasteiger partial charge in [0, 0.05) is 22.5 Å². The van der Waals surface area contributed by atoms with Crippen LogP contribution in [0, 0.1) is 10.1 Å². The largest absolute Gasteiger partial charge is 0.365 e. The molecule has 1 heterocycles. The minimum absolute atomic E-state index is 0.0368. The van der Waals surface area contributed by atoms with E-state index in [1.807, 2.05) is 24.3 Å². The number of benzene rings is 2. The van der Waals surface area contributed by atoms with Gasteiger partial charge in [-0.05, 0) is 42.2 Å². The normalized spacial score (nSPS) is 24.3. The molecule has 1 saturated heterocycles. The van der Waals surface area contributed by atoms with Crippen LogP contribution in [0.15, 0.2) is 48.5 Å². The lowest BCUT2D eigenvalue weighted by Crippen LogP contribution is -2.23. The summed E-state index contributed by atoms with van der Waals surface area (Å²) in [6.45, 7) is 0. The number of non-ortho nitro benzene ring substituents is 1. The van der Waals surface area contributed by atoms with E-state index in [-0.39, 0.29) is 23.3 Å². The molecule has 0 amide bonds. The van der Waals surface area contributed by atoms with Crippen LogP contribution in [0.4, 0.5) is 5.69 Å². The van der Waals surface area contributed by atoms with Crippen molar-refractivity contribution in [3.63, 3.8) is 0 Å². The fourth-order valence-electron chi connectivity index (χ4n) is 2.83. The van der Waals surface area contributed by atoms with Gasteiger partial charge in [0.1, 0.15) is 0 Å². The van der Waals surface area contributed by atoms with Gasteiger partial charge in [0.15, 0.2) is 0 Å². The van der Waals surface area contributed by atoms with Gasteiger partial charge in [-0.15, -0.1) is 11.6 Å². The standard InChI is InChI=1S/C17H15Cl2NO3/c18-12-9-16(11-5-7-13(8-6-11)20(21)22)23-17(10-12)14-3-1-2-4-15(14)19/h1-8,12,16-17H,9-10H2. The Morgan fingerprint density at radius 1 is 1.04 bits per heavy atom. The van der Waals surface area contributed by atoms with E-state index in [9.17, 15) is 10.1 Å². The number of rotatable bonds is 3. The topological polar surface area (TPSA) is 52.4 Å². The van der Waals surface area contributed by atoms with Crippen molar-refractivity contribution in [2.75, 3.05) is 0 Å². The molecule has 0 aliphatic carbocycles. The first-order valence-corrected chi connectivity index (χ1v) is 8.14. The van der Waals surface area contributed by atoms with Crippen LogP contribution in [0.5, 0.6) is 0 Å². The van der Waals surface area contributed by atoms with E-state index in [1.54, 1.807) is 12.1 Å². The second-order valence-electron chi connectivity index (χ2n) is 5.55. The second kappa shape index (κ2) is 6.87. The molecule has 3 atom stereocenters. The Balaban J connectivity index is 1.83. The van der Waals surface area contributed by atoms with Gasteiger partial charge >= 0.3 is 0 Å². The van der Waals surface area contributed by atoms with E-state index < -0.39 is 4.92 Å². The van der Waals surface area contributed by atoms with Gasteiger partial charge in [0.2, 0.25) is 0 Å². The van der Waals surface area contributed by atoms with Gasteiger partial charge in [0.25, 0.3) is 5.69 Å². The predicted octanol–water partition coefficient (Wildman–Crippen LogP) is 5.45. The molecule has 1 aliphatic heterocycles. The summed E-state index contributed by atoms with van der Waals surface area (Å²) in [7, 11) is 0. The van der Waals surface area contributed by atoms with Crippen LogP contribution in [0.25, 0.3) is 0 Å². The molecule has 4 nitrogen and oxygen atoms in total. The molecule has 120 valence electrons. The number of ether oxygens (including phenoxy) is 1. The fraction of sp³-hybridized carbons (Fsp3) is 0.294. The highest BCUT2D eigenvalue weighted by molar-refractivity contribution is 6.31. The van der Waals surface area contributed by atoms with Gasteiger partial charge in [-0.3, -0.25) is 10.1 Å². The van der Waals surface area contributed by atoms with Gasteiger partial charge in [0.05, 0.1) is 17.1 Å². The van der Waals surface area contributed by atoms with Crippen LogP contribution < -0.4 is 0 Å². The summed E-state index contributed by atoms with van der Waals surface area (Å²) in [6.07, 6.45) is 0.975. The zero-order chi connectivity index (χ0) is 16.4. The molecular weight excluding hydrogens is 337 g/mol. The zero-order valence-corrected chi connectivity index (χ0v) is 13.7. The maximum atomic E-state index is 10.8. The maximum absolute atomic E-state index is 10.8. The molecule has 3 rings (SSSR count). The molecule has 0 saturated carbocycles. The Morgan fingerprint density at radius 3 is 2.35 bits per heavy atom. The molecule has 2 aromatic rings. The Kier molecular flexibility index (Phi) is 4.85. The maximum Gasteiger partial charge on any atom is 0.269 e. The van der Waals surface area contributed by atoms with E-state index in [4.69, 9.17) is 27.9 Å². The Bertz CT molecular complexity index is 705. The lowest BCUT2D eigenvalue weighted by atomic mass is 9.94. The number of nitro groups is 1. The summed E-state index contributed by atoms with van der Waals surface area (Å²) in [6, 6.07) is 14.0. The molecule has 1 fully saturated rings. The molecule has 0 bridgehead atoms. The lowest BCUT2D eigenvalue weighted by molar-refractivity contribution is -0.384. The van der Waals surface area contributed by atoms with Crippen molar-refractivity contribution in [3.05, 3.63) is 74.8 Å². The van der Waals surface area contributed by atoms with Gasteiger partial charge in [-0.25, -0.2) is 0 Å². The first-order valence-electron chi connectivity index (χ1n) is 7.33. The molecule has 0 spiro atoms. The summed E-state index contributed by atoms with van der Waals surface area (Å²) < 4.78 is 6.17. The van der Waals surface area contributed by atoms with Crippen molar-refractivity contribution in [3.8, 4) is 0 Å². The summed E-state index contributed by atoms with van der Waals surface area (Å²) in [5.41, 5.74) is 1.87. The van der Waals surface area contributed by atoms with E-state index in [0.717, 1.165) is 11.1 Å². The van der Waals surface area contributed by atoms with Crippen LogP contribution in [0.2, 0.25) is 5.02 Å². The third-order valence-electron chi connectivity index (χ3n) is 4.00. The van der Waals surface area contributed by atoms with Gasteiger partial charge < -0.3 is 4.74 Å². The van der Waals surface area contributed by atoms with Crippen LogP contribution in [0.1, 0.15) is 36.2 Å². The molecule has 23 heavy (non-hydrogen) atoms. The second-order valence-corrected chi connectivity index (χ2v) is 6.58. The van der Waals surface area contributed by atoms with Crippen LogP contribution in [-0.2, 0) is 4.74 Å². The highest BCUT2D eigenvalue weighted by Crippen LogP contribution is 2.42. The molecule has 0 aromatic heterocycles. The Hall–Kier alpha value is -1.62. The highest BCUT2D eigenvalue weighted by atomic mass is 35.5. The highest BCUT2D eigenvalue weighted by Gasteiger charge is 2.31. The first-order chi connectivity index (χ1) is 11.0. The fourth-order valence-corrected chi connectivity index (χ4v) is 3.41. The molecule has 1 aliphatic rings. The van der Waals surface area contributed by atoms with Crippen molar-refractivity contribution >= 4 is 28.9 Å². The van der Waals surface area contributed by atoms with Crippen molar-refractivity contribution in [1.82, 2.24) is 0 Å². The molecule has 6 heteroatoms. The van der Waals surface area contributed by atoms with E-state index >= 15 is 0 Å². The Morgan fingerprint density at radius 2 is 1.70 bits per heavy atom. The average molecular weight is 352 g/mol. The predicted molar refractivity (Wildman–Crippen MR) is 90.0 cm³/mol.